The number of nitrogens with one attached hydrogen (secondary N) is 1. The molecule has 0 bridgehead atoms. The first-order valence-corrected chi connectivity index (χ1v) is 8.37. The van der Waals surface area contributed by atoms with Gasteiger partial charge in [-0.15, -0.1) is 0 Å². The fourth-order valence-corrected chi connectivity index (χ4v) is 2.32. The minimum Gasteiger partial charge on any atom is -0.491 e. The van der Waals surface area contributed by atoms with E-state index in [9.17, 15) is 14.9 Å². The van der Waals surface area contributed by atoms with E-state index < -0.39 is 22.7 Å². The van der Waals surface area contributed by atoms with Crippen LogP contribution in [0.5, 0.6) is 5.75 Å². The minimum absolute atomic E-state index is 0.00821. The summed E-state index contributed by atoms with van der Waals surface area (Å²) in [5.41, 5.74) is 5.71. The molecular weight excluding hydrogens is 350 g/mol. The molecule has 2 aromatic carbocycles. The number of amides is 1. The van der Waals surface area contributed by atoms with Gasteiger partial charge in [0.25, 0.3) is 5.69 Å². The van der Waals surface area contributed by atoms with Crippen LogP contribution in [0.4, 0.5) is 16.2 Å². The molecule has 0 aliphatic rings. The number of hydrogen-bond acceptors (Lipinski definition) is 6. The molecule has 0 aliphatic carbocycles. The van der Waals surface area contributed by atoms with Gasteiger partial charge in [0.05, 0.1) is 11.0 Å². The Labute approximate surface area is 157 Å². The van der Waals surface area contributed by atoms with Crippen molar-refractivity contribution in [1.82, 2.24) is 5.32 Å². The van der Waals surface area contributed by atoms with Crippen LogP contribution < -0.4 is 15.8 Å². The molecule has 3 N–H and O–H groups in total. The van der Waals surface area contributed by atoms with E-state index in [1.165, 1.54) is 18.2 Å². The van der Waals surface area contributed by atoms with E-state index in [4.69, 9.17) is 15.2 Å². The van der Waals surface area contributed by atoms with E-state index in [2.05, 4.69) is 5.32 Å². The Hall–Kier alpha value is -3.29. The number of nitrogens with two attached hydrogens (primary N) is 1. The van der Waals surface area contributed by atoms with Crippen molar-refractivity contribution in [2.45, 2.75) is 32.4 Å². The van der Waals surface area contributed by atoms with Crippen LogP contribution in [0.3, 0.4) is 0 Å². The Kier molecular flexibility index (Phi) is 6.23. The number of ether oxygens (including phenoxy) is 2. The van der Waals surface area contributed by atoms with Crippen LogP contribution in [0.1, 0.15) is 32.4 Å². The van der Waals surface area contributed by atoms with Gasteiger partial charge in [-0.3, -0.25) is 10.1 Å². The lowest BCUT2D eigenvalue weighted by Crippen LogP contribution is -2.37. The van der Waals surface area contributed by atoms with Crippen molar-refractivity contribution >= 4 is 17.5 Å². The van der Waals surface area contributed by atoms with Crippen LogP contribution in [0.25, 0.3) is 0 Å². The smallest absolute Gasteiger partial charge is 0.408 e. The lowest BCUT2D eigenvalue weighted by molar-refractivity contribution is -0.383. The number of nitrogen functional groups attached to an aromatic ring is 1. The van der Waals surface area contributed by atoms with Crippen LogP contribution in [0, 0.1) is 10.1 Å². The van der Waals surface area contributed by atoms with Gasteiger partial charge in [0.15, 0.2) is 0 Å². The Morgan fingerprint density at radius 3 is 2.44 bits per heavy atom. The molecule has 144 valence electrons. The molecule has 0 saturated heterocycles. The maximum Gasteiger partial charge on any atom is 0.408 e. The zero-order chi connectivity index (χ0) is 20.0. The van der Waals surface area contributed by atoms with Gasteiger partial charge in [0, 0.05) is 12.1 Å². The van der Waals surface area contributed by atoms with Crippen molar-refractivity contribution in [1.29, 1.82) is 0 Å². The van der Waals surface area contributed by atoms with Gasteiger partial charge >= 0.3 is 6.09 Å². The van der Waals surface area contributed by atoms with E-state index in [0.717, 1.165) is 5.56 Å². The SMILES string of the molecule is CC(C)(C)OC(=O)N[C@@H](COc1ccc([N+](=O)[O-])c(N)c1)c1ccccc1. The molecular formula is C19H23N3O5. The molecule has 2 rings (SSSR count). The largest absolute Gasteiger partial charge is 0.491 e. The number of nitro groups is 1. The number of nitro benzene ring substituents is 1. The van der Waals surface area contributed by atoms with Crippen LogP contribution in [0.2, 0.25) is 0 Å². The molecule has 0 fully saturated rings. The first kappa shape index (κ1) is 20.0. The predicted molar refractivity (Wildman–Crippen MR) is 102 cm³/mol. The van der Waals surface area contributed by atoms with Crippen molar-refractivity contribution in [3.8, 4) is 5.75 Å². The van der Waals surface area contributed by atoms with Gasteiger partial charge in [-0.2, -0.15) is 0 Å². The molecule has 0 unspecified atom stereocenters. The number of hydrogen-bond donors (Lipinski definition) is 2. The highest BCUT2D eigenvalue weighted by Crippen LogP contribution is 2.27. The van der Waals surface area contributed by atoms with E-state index in [-0.39, 0.29) is 18.0 Å². The molecule has 1 amide bonds. The summed E-state index contributed by atoms with van der Waals surface area (Å²) in [5.74, 6) is 0.366. The Morgan fingerprint density at radius 1 is 1.22 bits per heavy atom. The van der Waals surface area contributed by atoms with Gasteiger partial charge < -0.3 is 20.5 Å². The van der Waals surface area contributed by atoms with Crippen LogP contribution >= 0.6 is 0 Å². The van der Waals surface area contributed by atoms with Gasteiger partial charge in [0.1, 0.15) is 23.6 Å². The molecule has 8 heteroatoms. The molecule has 0 radical (unpaired) electrons. The summed E-state index contributed by atoms with van der Waals surface area (Å²) in [7, 11) is 0. The minimum atomic E-state index is -0.626. The summed E-state index contributed by atoms with van der Waals surface area (Å²) < 4.78 is 11.0. The molecule has 0 heterocycles. The second-order valence-corrected chi connectivity index (χ2v) is 6.90. The number of alkyl carbamates (subject to hydrolysis) is 1. The van der Waals surface area contributed by atoms with Crippen LogP contribution in [-0.2, 0) is 4.74 Å². The second-order valence-electron chi connectivity index (χ2n) is 6.90. The monoisotopic (exact) mass is 373 g/mol. The third-order valence-corrected chi connectivity index (χ3v) is 3.51. The van der Waals surface area contributed by atoms with Crippen molar-refractivity contribution in [3.63, 3.8) is 0 Å². The fraction of sp³-hybridized carbons (Fsp3) is 0.316. The molecule has 0 aliphatic heterocycles. The standard InChI is InChI=1S/C19H23N3O5/c1-19(2,3)27-18(23)21-16(13-7-5-4-6-8-13)12-26-14-9-10-17(22(24)25)15(20)11-14/h4-11,16H,12,20H2,1-3H3,(H,21,23)/t16-/m0/s1. The predicted octanol–water partition coefficient (Wildman–Crippen LogP) is 3.82. The van der Waals surface area contributed by atoms with E-state index in [1.54, 1.807) is 20.8 Å². The summed E-state index contributed by atoms with van der Waals surface area (Å²) in [4.78, 5) is 22.4. The highest BCUT2D eigenvalue weighted by atomic mass is 16.6. The molecule has 0 spiro atoms. The lowest BCUT2D eigenvalue weighted by Gasteiger charge is -2.24. The maximum atomic E-state index is 12.1. The highest BCUT2D eigenvalue weighted by Gasteiger charge is 2.21. The topological polar surface area (TPSA) is 117 Å². The quantitative estimate of drug-likeness (QED) is 0.452. The Bertz CT molecular complexity index is 803. The first-order chi connectivity index (χ1) is 12.7. The Morgan fingerprint density at radius 2 is 1.89 bits per heavy atom. The summed E-state index contributed by atoms with van der Waals surface area (Å²) >= 11 is 0. The third-order valence-electron chi connectivity index (χ3n) is 3.51. The average molecular weight is 373 g/mol. The molecule has 1 atom stereocenters. The molecule has 2 aromatic rings. The molecule has 8 nitrogen and oxygen atoms in total. The zero-order valence-electron chi connectivity index (χ0n) is 15.5. The maximum absolute atomic E-state index is 12.1. The number of carbonyl (C=O) groups excluding carboxylic acids is 1. The highest BCUT2D eigenvalue weighted by molar-refractivity contribution is 5.68. The number of rotatable bonds is 6. The van der Waals surface area contributed by atoms with Crippen molar-refractivity contribution < 1.29 is 19.2 Å². The van der Waals surface area contributed by atoms with E-state index in [1.807, 2.05) is 30.3 Å². The number of benzene rings is 2. The zero-order valence-corrected chi connectivity index (χ0v) is 15.5. The Balaban J connectivity index is 2.12. The number of nitrogens with zero attached hydrogens (tertiary/aromatic N) is 1. The van der Waals surface area contributed by atoms with Crippen LogP contribution in [0.15, 0.2) is 48.5 Å². The van der Waals surface area contributed by atoms with E-state index in [0.29, 0.717) is 5.75 Å². The van der Waals surface area contributed by atoms with E-state index >= 15 is 0 Å². The summed E-state index contributed by atoms with van der Waals surface area (Å²) in [5, 5.41) is 13.6. The average Bonchev–Trinajstić information content (AvgIpc) is 2.57. The molecule has 27 heavy (non-hydrogen) atoms. The van der Waals surface area contributed by atoms with Gasteiger partial charge in [-0.25, -0.2) is 4.79 Å². The van der Waals surface area contributed by atoms with Gasteiger partial charge in [0.2, 0.25) is 0 Å². The van der Waals surface area contributed by atoms with Gasteiger partial charge in [-0.1, -0.05) is 30.3 Å². The fourth-order valence-electron chi connectivity index (χ4n) is 2.32. The second kappa shape index (κ2) is 8.39. The number of carbonyl (C=O) groups is 1. The molecule has 0 saturated carbocycles. The summed E-state index contributed by atoms with van der Waals surface area (Å²) in [6, 6.07) is 12.9. The third kappa shape index (κ3) is 6.18. The molecule has 0 aromatic heterocycles. The summed E-state index contributed by atoms with van der Waals surface area (Å²) in [6.07, 6.45) is -0.567. The lowest BCUT2D eigenvalue weighted by atomic mass is 10.1. The van der Waals surface area contributed by atoms with Crippen molar-refractivity contribution in [2.75, 3.05) is 12.3 Å². The van der Waals surface area contributed by atoms with Gasteiger partial charge in [-0.05, 0) is 32.4 Å². The van der Waals surface area contributed by atoms with Crippen molar-refractivity contribution in [3.05, 3.63) is 64.2 Å². The number of anilines is 1. The van der Waals surface area contributed by atoms with Crippen molar-refractivity contribution in [2.24, 2.45) is 0 Å². The summed E-state index contributed by atoms with van der Waals surface area (Å²) in [6.45, 7) is 5.43. The normalized spacial score (nSPS) is 12.1. The first-order valence-electron chi connectivity index (χ1n) is 8.37. The van der Waals surface area contributed by atoms with Crippen LogP contribution in [-0.4, -0.2) is 23.2 Å².